The molecule has 1 aromatic heterocycles. The fourth-order valence-corrected chi connectivity index (χ4v) is 3.60. The van der Waals surface area contributed by atoms with Crippen LogP contribution in [0, 0.1) is 0 Å². The van der Waals surface area contributed by atoms with Crippen LogP contribution in [0.15, 0.2) is 53.7 Å². The molecular weight excluding hydrogens is 396 g/mol. The van der Waals surface area contributed by atoms with Gasteiger partial charge in [0.1, 0.15) is 0 Å². The van der Waals surface area contributed by atoms with E-state index in [4.69, 9.17) is 11.6 Å². The summed E-state index contributed by atoms with van der Waals surface area (Å²) in [5.41, 5.74) is 1.92. The molecule has 0 aliphatic rings. The van der Waals surface area contributed by atoms with Crippen molar-refractivity contribution in [2.45, 2.75) is 24.3 Å². The predicted molar refractivity (Wildman–Crippen MR) is 112 cm³/mol. The summed E-state index contributed by atoms with van der Waals surface area (Å²) in [6, 6.07) is 14.3. The van der Waals surface area contributed by atoms with Crippen molar-refractivity contribution < 1.29 is 9.59 Å². The molecule has 8 heteroatoms. The highest BCUT2D eigenvalue weighted by atomic mass is 35.5. The summed E-state index contributed by atoms with van der Waals surface area (Å²) in [5.74, 6) is 0.396. The van der Waals surface area contributed by atoms with E-state index in [0.29, 0.717) is 27.3 Å². The minimum atomic E-state index is -0.414. The van der Waals surface area contributed by atoms with Gasteiger partial charge >= 0.3 is 0 Å². The van der Waals surface area contributed by atoms with Gasteiger partial charge in [0.05, 0.1) is 10.3 Å². The van der Waals surface area contributed by atoms with Gasteiger partial charge in [-0.1, -0.05) is 47.6 Å². The van der Waals surface area contributed by atoms with Crippen molar-refractivity contribution in [2.24, 2.45) is 7.05 Å². The first kappa shape index (κ1) is 20.1. The summed E-state index contributed by atoms with van der Waals surface area (Å²) in [7, 11) is 1.84. The Balaban J connectivity index is 1.72. The lowest BCUT2D eigenvalue weighted by Gasteiger charge is -2.12. The van der Waals surface area contributed by atoms with Crippen LogP contribution in [-0.2, 0) is 11.8 Å². The summed E-state index contributed by atoms with van der Waals surface area (Å²) < 4.78 is 1.81. The van der Waals surface area contributed by atoms with Crippen molar-refractivity contribution in [3.63, 3.8) is 0 Å². The van der Waals surface area contributed by atoms with Crippen LogP contribution >= 0.6 is 23.4 Å². The van der Waals surface area contributed by atoms with E-state index < -0.39 is 5.25 Å². The molecule has 0 bridgehead atoms. The third-order valence-electron chi connectivity index (χ3n) is 4.14. The van der Waals surface area contributed by atoms with Crippen LogP contribution in [0.1, 0.15) is 24.2 Å². The van der Waals surface area contributed by atoms with E-state index in [1.807, 2.05) is 29.8 Å². The number of hydrogen-bond donors (Lipinski definition) is 1. The second-order valence-corrected chi connectivity index (χ2v) is 7.95. The number of rotatable bonds is 6. The standard InChI is InChI=1S/C20H19ClN4O2S/c1-12(26)14-7-6-8-15(11-14)22-19(27)13(2)28-20-24-23-18(25(20)3)16-9-4-5-10-17(16)21/h4-11,13H,1-3H3,(H,22,27)/t13-/m0/s1. The second-order valence-electron chi connectivity index (χ2n) is 6.23. The Labute approximate surface area is 172 Å². The molecule has 0 unspecified atom stereocenters. The number of aromatic nitrogens is 3. The van der Waals surface area contributed by atoms with E-state index in [9.17, 15) is 9.59 Å². The summed E-state index contributed by atoms with van der Waals surface area (Å²) in [6.07, 6.45) is 0. The first-order valence-electron chi connectivity index (χ1n) is 8.59. The van der Waals surface area contributed by atoms with Crippen LogP contribution in [0.25, 0.3) is 11.4 Å². The number of nitrogens with one attached hydrogen (secondary N) is 1. The molecule has 2 aromatic carbocycles. The van der Waals surface area contributed by atoms with E-state index in [2.05, 4.69) is 15.5 Å². The van der Waals surface area contributed by atoms with Gasteiger partial charge in [-0.05, 0) is 38.1 Å². The van der Waals surface area contributed by atoms with Crippen molar-refractivity contribution in [3.8, 4) is 11.4 Å². The van der Waals surface area contributed by atoms with Gasteiger partial charge in [-0.3, -0.25) is 9.59 Å². The Morgan fingerprint density at radius 2 is 1.89 bits per heavy atom. The minimum Gasteiger partial charge on any atom is -0.325 e. The van der Waals surface area contributed by atoms with E-state index in [1.54, 1.807) is 37.3 Å². The van der Waals surface area contributed by atoms with Gasteiger partial charge in [0.2, 0.25) is 5.91 Å². The number of Topliss-reactive ketones (excluding diaryl/α,β-unsaturated/α-hetero) is 1. The van der Waals surface area contributed by atoms with Crippen LogP contribution in [0.2, 0.25) is 5.02 Å². The zero-order chi connectivity index (χ0) is 20.3. The molecule has 28 heavy (non-hydrogen) atoms. The number of anilines is 1. The molecule has 1 amide bonds. The molecule has 1 atom stereocenters. The molecule has 0 radical (unpaired) electrons. The summed E-state index contributed by atoms with van der Waals surface area (Å²) >= 11 is 7.54. The highest BCUT2D eigenvalue weighted by Gasteiger charge is 2.20. The fourth-order valence-electron chi connectivity index (χ4n) is 2.57. The van der Waals surface area contributed by atoms with E-state index in [1.165, 1.54) is 18.7 Å². The van der Waals surface area contributed by atoms with Crippen LogP contribution in [-0.4, -0.2) is 31.7 Å². The number of hydrogen-bond acceptors (Lipinski definition) is 5. The molecule has 6 nitrogen and oxygen atoms in total. The Morgan fingerprint density at radius 3 is 2.61 bits per heavy atom. The van der Waals surface area contributed by atoms with Gasteiger partial charge in [-0.15, -0.1) is 10.2 Å². The summed E-state index contributed by atoms with van der Waals surface area (Å²) in [4.78, 5) is 24.0. The molecule has 0 saturated heterocycles. The number of ketones is 1. The quantitative estimate of drug-likeness (QED) is 0.476. The Hall–Kier alpha value is -2.64. The number of carbonyl (C=O) groups is 2. The average molecular weight is 415 g/mol. The summed E-state index contributed by atoms with van der Waals surface area (Å²) in [6.45, 7) is 3.28. The molecule has 0 fully saturated rings. The van der Waals surface area contributed by atoms with Gasteiger partial charge in [0.15, 0.2) is 16.8 Å². The van der Waals surface area contributed by atoms with Crippen LogP contribution < -0.4 is 5.32 Å². The highest BCUT2D eigenvalue weighted by molar-refractivity contribution is 8.00. The largest absolute Gasteiger partial charge is 0.325 e. The van der Waals surface area contributed by atoms with Crippen molar-refractivity contribution in [3.05, 3.63) is 59.1 Å². The van der Waals surface area contributed by atoms with E-state index in [-0.39, 0.29) is 11.7 Å². The number of thioether (sulfide) groups is 1. The molecule has 3 aromatic rings. The molecule has 0 aliphatic carbocycles. The third-order valence-corrected chi connectivity index (χ3v) is 5.60. The molecule has 144 valence electrons. The number of halogens is 1. The number of amides is 1. The smallest absolute Gasteiger partial charge is 0.237 e. The second kappa shape index (κ2) is 8.58. The maximum absolute atomic E-state index is 12.5. The molecule has 1 N–H and O–H groups in total. The zero-order valence-corrected chi connectivity index (χ0v) is 17.2. The lowest BCUT2D eigenvalue weighted by molar-refractivity contribution is -0.115. The lowest BCUT2D eigenvalue weighted by Crippen LogP contribution is -2.23. The van der Waals surface area contributed by atoms with Crippen molar-refractivity contribution >= 4 is 40.7 Å². The minimum absolute atomic E-state index is 0.0512. The number of nitrogens with zero attached hydrogens (tertiary/aromatic N) is 3. The molecule has 0 spiro atoms. The third kappa shape index (κ3) is 4.43. The predicted octanol–water partition coefficient (Wildman–Crippen LogP) is 4.46. The van der Waals surface area contributed by atoms with Gasteiger partial charge in [-0.2, -0.15) is 0 Å². The molecule has 0 saturated carbocycles. The molecule has 3 rings (SSSR count). The average Bonchev–Trinajstić information content (AvgIpc) is 3.02. The first-order valence-corrected chi connectivity index (χ1v) is 9.85. The first-order chi connectivity index (χ1) is 13.4. The SMILES string of the molecule is CC(=O)c1cccc(NC(=O)[C@H](C)Sc2nnc(-c3ccccc3Cl)n2C)c1. The van der Waals surface area contributed by atoms with Gasteiger partial charge in [-0.25, -0.2) is 0 Å². The van der Waals surface area contributed by atoms with Gasteiger partial charge in [0, 0.05) is 23.9 Å². The number of benzene rings is 2. The lowest BCUT2D eigenvalue weighted by atomic mass is 10.1. The van der Waals surface area contributed by atoms with Crippen LogP contribution in [0.4, 0.5) is 5.69 Å². The monoisotopic (exact) mass is 414 g/mol. The topological polar surface area (TPSA) is 76.9 Å². The molecule has 1 heterocycles. The fraction of sp³-hybridized carbons (Fsp3) is 0.200. The van der Waals surface area contributed by atoms with Crippen LogP contribution in [0.5, 0.6) is 0 Å². The normalized spacial score (nSPS) is 11.9. The maximum atomic E-state index is 12.5. The van der Waals surface area contributed by atoms with Crippen molar-refractivity contribution in [2.75, 3.05) is 5.32 Å². The molecular formula is C20H19ClN4O2S. The Bertz CT molecular complexity index is 1030. The van der Waals surface area contributed by atoms with E-state index >= 15 is 0 Å². The highest BCUT2D eigenvalue weighted by Crippen LogP contribution is 2.30. The van der Waals surface area contributed by atoms with Crippen molar-refractivity contribution in [1.29, 1.82) is 0 Å². The van der Waals surface area contributed by atoms with Gasteiger partial charge < -0.3 is 9.88 Å². The van der Waals surface area contributed by atoms with E-state index in [0.717, 1.165) is 5.56 Å². The Morgan fingerprint density at radius 1 is 1.14 bits per heavy atom. The summed E-state index contributed by atoms with van der Waals surface area (Å²) in [5, 5.41) is 12.0. The Kier molecular flexibility index (Phi) is 6.16. The van der Waals surface area contributed by atoms with Crippen molar-refractivity contribution in [1.82, 2.24) is 14.8 Å². The number of carbonyl (C=O) groups excluding carboxylic acids is 2. The maximum Gasteiger partial charge on any atom is 0.237 e. The van der Waals surface area contributed by atoms with Crippen LogP contribution in [0.3, 0.4) is 0 Å². The zero-order valence-electron chi connectivity index (χ0n) is 15.6. The molecule has 0 aliphatic heterocycles. The van der Waals surface area contributed by atoms with Gasteiger partial charge in [0.25, 0.3) is 0 Å².